The van der Waals surface area contributed by atoms with Crippen LogP contribution in [0.1, 0.15) is 59.6 Å². The van der Waals surface area contributed by atoms with Crippen molar-refractivity contribution in [3.63, 3.8) is 0 Å². The summed E-state index contributed by atoms with van der Waals surface area (Å²) in [5, 5.41) is 4.19. The smallest absolute Gasteiger partial charge is 0.255 e. The zero-order valence-corrected chi connectivity index (χ0v) is 23.8. The van der Waals surface area contributed by atoms with Crippen molar-refractivity contribution in [1.82, 2.24) is 15.2 Å². The van der Waals surface area contributed by atoms with Crippen LogP contribution in [0.5, 0.6) is 23.0 Å². The SMILES string of the molecule is O=C(NC1CCCCC1)[C@H](c1ccc2ncccc2c1)N(Cc1ccc2c(c1)OCO2)C(=O)c1ccc2c(c1)OCCO2. The van der Waals surface area contributed by atoms with Crippen LogP contribution in [0.3, 0.4) is 0 Å². The van der Waals surface area contributed by atoms with Crippen molar-refractivity contribution in [2.24, 2.45) is 0 Å². The molecular formula is C34H33N3O6. The lowest BCUT2D eigenvalue weighted by Crippen LogP contribution is -2.46. The monoisotopic (exact) mass is 579 g/mol. The molecule has 2 aliphatic heterocycles. The maximum atomic E-state index is 14.5. The Kier molecular flexibility index (Phi) is 7.45. The number of hydrogen-bond acceptors (Lipinski definition) is 7. The minimum atomic E-state index is -0.905. The van der Waals surface area contributed by atoms with Gasteiger partial charge in [0, 0.05) is 29.7 Å². The Morgan fingerprint density at radius 1 is 0.837 bits per heavy atom. The summed E-state index contributed by atoms with van der Waals surface area (Å²) < 4.78 is 22.6. The summed E-state index contributed by atoms with van der Waals surface area (Å²) in [5.74, 6) is 1.87. The molecular weight excluding hydrogens is 546 g/mol. The average Bonchev–Trinajstić information content (AvgIpc) is 3.52. The molecule has 220 valence electrons. The third kappa shape index (κ3) is 5.67. The molecule has 0 spiro atoms. The Morgan fingerprint density at radius 2 is 1.60 bits per heavy atom. The van der Waals surface area contributed by atoms with Gasteiger partial charge in [-0.15, -0.1) is 0 Å². The second kappa shape index (κ2) is 11.8. The summed E-state index contributed by atoms with van der Waals surface area (Å²) in [7, 11) is 0. The fourth-order valence-electron chi connectivity index (χ4n) is 6.12. The van der Waals surface area contributed by atoms with Crippen molar-refractivity contribution < 1.29 is 28.5 Å². The molecule has 1 aromatic heterocycles. The Labute approximate surface area is 249 Å². The summed E-state index contributed by atoms with van der Waals surface area (Å²) in [6.45, 7) is 1.17. The molecule has 3 heterocycles. The minimum Gasteiger partial charge on any atom is -0.486 e. The second-order valence-electron chi connectivity index (χ2n) is 11.2. The van der Waals surface area contributed by atoms with Gasteiger partial charge in [-0.25, -0.2) is 0 Å². The topological polar surface area (TPSA) is 99.2 Å². The highest BCUT2D eigenvalue weighted by molar-refractivity contribution is 5.99. The standard InChI is InChI=1S/C34H33N3O6/c38-33(36-26-6-2-1-3-7-26)32(24-9-11-27-23(18-24)5-4-14-35-27)37(20-22-8-12-29-30(17-22)43-21-42-29)34(39)25-10-13-28-31(19-25)41-16-15-40-28/h4-5,8-14,17-19,26,32H,1-3,6-7,15-16,20-21H2,(H,36,38)/t32-/m0/s1. The predicted molar refractivity (Wildman–Crippen MR) is 159 cm³/mol. The molecule has 4 aromatic rings. The molecule has 3 aromatic carbocycles. The average molecular weight is 580 g/mol. The lowest BCUT2D eigenvalue weighted by molar-refractivity contribution is -0.127. The fraction of sp³-hybridized carbons (Fsp3) is 0.324. The quantitative estimate of drug-likeness (QED) is 0.306. The molecule has 0 saturated heterocycles. The number of hydrogen-bond donors (Lipinski definition) is 1. The number of benzene rings is 3. The molecule has 0 bridgehead atoms. The highest BCUT2D eigenvalue weighted by Crippen LogP contribution is 2.36. The molecule has 1 aliphatic carbocycles. The van der Waals surface area contributed by atoms with E-state index in [-0.39, 0.29) is 31.2 Å². The number of carbonyl (C=O) groups is 2. The number of carbonyl (C=O) groups excluding carboxylic acids is 2. The summed E-state index contributed by atoms with van der Waals surface area (Å²) in [6, 6.07) is 19.5. The van der Waals surface area contributed by atoms with Gasteiger partial charge >= 0.3 is 0 Å². The van der Waals surface area contributed by atoms with Crippen molar-refractivity contribution in [3.8, 4) is 23.0 Å². The van der Waals surface area contributed by atoms with E-state index in [0.717, 1.165) is 42.1 Å². The molecule has 3 aliphatic rings. The van der Waals surface area contributed by atoms with Crippen LogP contribution >= 0.6 is 0 Å². The summed E-state index contributed by atoms with van der Waals surface area (Å²) >= 11 is 0. The summed E-state index contributed by atoms with van der Waals surface area (Å²) in [6.07, 6.45) is 6.93. The molecule has 43 heavy (non-hydrogen) atoms. The first-order chi connectivity index (χ1) is 21.1. The molecule has 0 radical (unpaired) electrons. The van der Waals surface area contributed by atoms with Crippen molar-refractivity contribution in [2.75, 3.05) is 20.0 Å². The zero-order chi connectivity index (χ0) is 29.2. The van der Waals surface area contributed by atoms with E-state index < -0.39 is 6.04 Å². The van der Waals surface area contributed by atoms with E-state index in [2.05, 4.69) is 10.3 Å². The highest BCUT2D eigenvalue weighted by atomic mass is 16.7. The Balaban J connectivity index is 1.31. The number of pyridine rings is 1. The van der Waals surface area contributed by atoms with E-state index in [1.807, 2.05) is 48.5 Å². The molecule has 1 fully saturated rings. The maximum absolute atomic E-state index is 14.5. The Hall–Kier alpha value is -4.79. The molecule has 9 heteroatoms. The van der Waals surface area contributed by atoms with Crippen LogP contribution in [0.4, 0.5) is 0 Å². The summed E-state index contributed by atoms with van der Waals surface area (Å²) in [5.41, 5.74) is 2.74. The highest BCUT2D eigenvalue weighted by Gasteiger charge is 2.34. The van der Waals surface area contributed by atoms with Gasteiger partial charge in [0.05, 0.1) is 5.52 Å². The van der Waals surface area contributed by atoms with Crippen LogP contribution in [0.2, 0.25) is 0 Å². The Bertz CT molecular complexity index is 1670. The van der Waals surface area contributed by atoms with E-state index in [9.17, 15) is 9.59 Å². The van der Waals surface area contributed by atoms with Crippen LogP contribution in [-0.2, 0) is 11.3 Å². The van der Waals surface area contributed by atoms with Gasteiger partial charge in [-0.2, -0.15) is 0 Å². The van der Waals surface area contributed by atoms with Gasteiger partial charge in [-0.05, 0) is 72.5 Å². The van der Waals surface area contributed by atoms with Crippen LogP contribution in [-0.4, -0.2) is 47.7 Å². The first kappa shape index (κ1) is 27.1. The molecule has 2 amide bonds. The molecule has 9 nitrogen and oxygen atoms in total. The number of ether oxygens (including phenoxy) is 4. The largest absolute Gasteiger partial charge is 0.486 e. The third-order valence-corrected chi connectivity index (χ3v) is 8.29. The van der Waals surface area contributed by atoms with Crippen LogP contribution in [0.15, 0.2) is 72.9 Å². The van der Waals surface area contributed by atoms with Crippen LogP contribution in [0, 0.1) is 0 Å². The van der Waals surface area contributed by atoms with E-state index >= 15 is 0 Å². The normalized spacial score (nSPS) is 16.5. The first-order valence-corrected chi connectivity index (χ1v) is 14.9. The van der Waals surface area contributed by atoms with Gasteiger partial charge in [0.1, 0.15) is 19.3 Å². The van der Waals surface area contributed by atoms with Crippen molar-refractivity contribution in [2.45, 2.75) is 50.7 Å². The zero-order valence-electron chi connectivity index (χ0n) is 23.8. The van der Waals surface area contributed by atoms with Crippen LogP contribution < -0.4 is 24.3 Å². The number of fused-ring (bicyclic) bond motifs is 3. The molecule has 1 saturated carbocycles. The molecule has 1 N–H and O–H groups in total. The van der Waals surface area contributed by atoms with Crippen molar-refractivity contribution in [3.05, 3.63) is 89.6 Å². The van der Waals surface area contributed by atoms with Gasteiger partial charge in [0.15, 0.2) is 23.0 Å². The van der Waals surface area contributed by atoms with Gasteiger partial charge in [0.25, 0.3) is 5.91 Å². The maximum Gasteiger partial charge on any atom is 0.255 e. The third-order valence-electron chi connectivity index (χ3n) is 8.29. The molecule has 1 atom stereocenters. The minimum absolute atomic E-state index is 0.0719. The van der Waals surface area contributed by atoms with Crippen molar-refractivity contribution in [1.29, 1.82) is 0 Å². The van der Waals surface area contributed by atoms with Gasteiger partial charge in [-0.1, -0.05) is 37.5 Å². The van der Waals surface area contributed by atoms with E-state index in [1.165, 1.54) is 6.42 Å². The number of nitrogens with zero attached hydrogens (tertiary/aromatic N) is 2. The summed E-state index contributed by atoms with van der Waals surface area (Å²) in [4.78, 5) is 34.9. The number of nitrogens with one attached hydrogen (secondary N) is 1. The van der Waals surface area contributed by atoms with Crippen LogP contribution in [0.25, 0.3) is 10.9 Å². The fourth-order valence-corrected chi connectivity index (χ4v) is 6.12. The molecule has 7 rings (SSSR count). The van der Waals surface area contributed by atoms with Crippen molar-refractivity contribution >= 4 is 22.7 Å². The molecule has 0 unspecified atom stereocenters. The van der Waals surface area contributed by atoms with E-state index in [1.54, 1.807) is 29.3 Å². The number of amides is 2. The van der Waals surface area contributed by atoms with Gasteiger partial charge in [-0.3, -0.25) is 14.6 Å². The predicted octanol–water partition coefficient (Wildman–Crippen LogP) is 5.57. The lowest BCUT2D eigenvalue weighted by atomic mass is 9.94. The first-order valence-electron chi connectivity index (χ1n) is 14.9. The van der Waals surface area contributed by atoms with Gasteiger partial charge in [0.2, 0.25) is 12.7 Å². The second-order valence-corrected chi connectivity index (χ2v) is 11.2. The Morgan fingerprint density at radius 3 is 2.49 bits per heavy atom. The number of aromatic nitrogens is 1. The van der Waals surface area contributed by atoms with E-state index in [4.69, 9.17) is 18.9 Å². The van der Waals surface area contributed by atoms with E-state index in [0.29, 0.717) is 47.3 Å². The van der Waals surface area contributed by atoms with Gasteiger partial charge < -0.3 is 29.2 Å². The number of rotatable bonds is 7. The lowest BCUT2D eigenvalue weighted by Gasteiger charge is -2.34.